The number of rotatable bonds is 4. The molecule has 0 bridgehead atoms. The Labute approximate surface area is 107 Å². The van der Waals surface area contributed by atoms with Crippen molar-refractivity contribution in [3.63, 3.8) is 0 Å². The molecule has 2 heterocycles. The smallest absolute Gasteiger partial charge is 0.232 e. The number of aromatic nitrogens is 3. The molecule has 1 aromatic heterocycles. The maximum atomic E-state index is 11.8. The van der Waals surface area contributed by atoms with Crippen molar-refractivity contribution in [3.8, 4) is 0 Å². The third-order valence-corrected chi connectivity index (χ3v) is 2.85. The number of likely N-dealkylation sites (tertiary alicyclic amines) is 1. The van der Waals surface area contributed by atoms with Gasteiger partial charge >= 0.3 is 0 Å². The largest absolute Gasteiger partial charge is 0.280 e. The van der Waals surface area contributed by atoms with Crippen LogP contribution >= 0.6 is 0 Å². The lowest BCUT2D eigenvalue weighted by Crippen LogP contribution is -2.33. The highest BCUT2D eigenvalue weighted by molar-refractivity contribution is 6.03. The van der Waals surface area contributed by atoms with Crippen LogP contribution in [0.15, 0.2) is 12.4 Å². The van der Waals surface area contributed by atoms with Crippen molar-refractivity contribution in [2.24, 2.45) is 5.92 Å². The Bertz CT molecular complexity index is 389. The Balaban J connectivity index is 0.000000771. The number of hydrogen-bond acceptors (Lipinski definition) is 4. The molecule has 1 aromatic rings. The first kappa shape index (κ1) is 14.3. The van der Waals surface area contributed by atoms with E-state index in [0.717, 1.165) is 6.42 Å². The van der Waals surface area contributed by atoms with Crippen molar-refractivity contribution in [2.75, 3.05) is 6.54 Å². The highest BCUT2D eigenvalue weighted by Gasteiger charge is 2.36. The van der Waals surface area contributed by atoms with E-state index in [-0.39, 0.29) is 17.7 Å². The Morgan fingerprint density at radius 2 is 2.06 bits per heavy atom. The van der Waals surface area contributed by atoms with Gasteiger partial charge in [0.05, 0.1) is 12.7 Å². The first-order valence-electron chi connectivity index (χ1n) is 6.40. The fraction of sp³-hybridized carbons (Fsp3) is 0.667. The second-order valence-corrected chi connectivity index (χ2v) is 3.86. The fourth-order valence-corrected chi connectivity index (χ4v) is 1.86. The average molecular weight is 252 g/mol. The molecule has 1 fully saturated rings. The summed E-state index contributed by atoms with van der Waals surface area (Å²) >= 11 is 0. The summed E-state index contributed by atoms with van der Waals surface area (Å²) in [4.78, 5) is 24.7. The number of hydrogen-bond donors (Lipinski definition) is 0. The Hall–Kier alpha value is -1.72. The standard InChI is InChI=1S/C10H14N4O2.C2H6/c1-2-8-7-9(15)14(10(8)16)6-5-13-4-3-11-12-13;1-2/h3-4,8H,2,5-7H2,1H3;1-2H3. The zero-order chi connectivity index (χ0) is 13.5. The summed E-state index contributed by atoms with van der Waals surface area (Å²) in [6, 6.07) is 0. The third kappa shape index (κ3) is 3.15. The molecule has 2 amide bonds. The molecule has 1 aliphatic rings. The van der Waals surface area contributed by atoms with E-state index in [0.29, 0.717) is 19.5 Å². The van der Waals surface area contributed by atoms with Crippen molar-refractivity contribution >= 4 is 11.8 Å². The normalized spacial score (nSPS) is 18.8. The summed E-state index contributed by atoms with van der Waals surface area (Å²) in [5, 5.41) is 7.45. The lowest BCUT2D eigenvalue weighted by atomic mass is 10.1. The van der Waals surface area contributed by atoms with Crippen LogP contribution < -0.4 is 0 Å². The fourth-order valence-electron chi connectivity index (χ4n) is 1.86. The van der Waals surface area contributed by atoms with Crippen LogP contribution in [0.5, 0.6) is 0 Å². The minimum Gasteiger partial charge on any atom is -0.280 e. The molecule has 0 N–H and O–H groups in total. The second-order valence-electron chi connectivity index (χ2n) is 3.86. The zero-order valence-corrected chi connectivity index (χ0v) is 11.2. The van der Waals surface area contributed by atoms with Gasteiger partial charge < -0.3 is 0 Å². The molecule has 0 spiro atoms. The van der Waals surface area contributed by atoms with Crippen molar-refractivity contribution < 1.29 is 9.59 Å². The Morgan fingerprint density at radius 3 is 2.56 bits per heavy atom. The summed E-state index contributed by atoms with van der Waals surface area (Å²) < 4.78 is 1.61. The van der Waals surface area contributed by atoms with Crippen LogP contribution in [0.3, 0.4) is 0 Å². The summed E-state index contributed by atoms with van der Waals surface area (Å²) in [5.74, 6) is -0.243. The van der Waals surface area contributed by atoms with Crippen LogP contribution in [0.1, 0.15) is 33.6 Å². The minimum absolute atomic E-state index is 0.0485. The number of nitrogens with zero attached hydrogens (tertiary/aromatic N) is 4. The third-order valence-electron chi connectivity index (χ3n) is 2.85. The number of carbonyl (C=O) groups excluding carboxylic acids is 2. The lowest BCUT2D eigenvalue weighted by Gasteiger charge is -2.14. The minimum atomic E-state index is -0.122. The van der Waals surface area contributed by atoms with Gasteiger partial charge in [-0.05, 0) is 6.42 Å². The molecule has 1 saturated heterocycles. The summed E-state index contributed by atoms with van der Waals surface area (Å²) in [6.45, 7) is 6.82. The summed E-state index contributed by atoms with van der Waals surface area (Å²) in [6.07, 6.45) is 4.36. The van der Waals surface area contributed by atoms with E-state index in [2.05, 4.69) is 10.3 Å². The molecule has 2 rings (SSSR count). The number of amides is 2. The van der Waals surface area contributed by atoms with Gasteiger partial charge in [-0.25, -0.2) is 0 Å². The molecule has 100 valence electrons. The first-order chi connectivity index (χ1) is 8.72. The molecular weight excluding hydrogens is 232 g/mol. The van der Waals surface area contributed by atoms with Crippen LogP contribution in [0, 0.1) is 5.92 Å². The van der Waals surface area contributed by atoms with Gasteiger partial charge in [0.15, 0.2) is 0 Å². The average Bonchev–Trinajstić information content (AvgIpc) is 2.99. The van der Waals surface area contributed by atoms with Gasteiger partial charge in [-0.1, -0.05) is 26.0 Å². The molecule has 6 nitrogen and oxygen atoms in total. The molecule has 6 heteroatoms. The van der Waals surface area contributed by atoms with Gasteiger partial charge in [0.25, 0.3) is 0 Å². The van der Waals surface area contributed by atoms with E-state index in [1.54, 1.807) is 17.1 Å². The van der Waals surface area contributed by atoms with E-state index in [1.807, 2.05) is 20.8 Å². The Kier molecular flexibility index (Phi) is 5.48. The zero-order valence-electron chi connectivity index (χ0n) is 11.2. The predicted octanol–water partition coefficient (Wildman–Crippen LogP) is 1.09. The predicted molar refractivity (Wildman–Crippen MR) is 66.5 cm³/mol. The summed E-state index contributed by atoms with van der Waals surface area (Å²) in [5.41, 5.74) is 0. The van der Waals surface area contributed by atoms with E-state index < -0.39 is 0 Å². The van der Waals surface area contributed by atoms with Gasteiger partial charge in [0, 0.05) is 25.1 Å². The monoisotopic (exact) mass is 252 g/mol. The maximum absolute atomic E-state index is 11.8. The van der Waals surface area contributed by atoms with Gasteiger partial charge in [0.1, 0.15) is 0 Å². The molecule has 0 aromatic carbocycles. The van der Waals surface area contributed by atoms with Crippen LogP contribution in [0.2, 0.25) is 0 Å². The van der Waals surface area contributed by atoms with Crippen LogP contribution in [-0.2, 0) is 16.1 Å². The van der Waals surface area contributed by atoms with E-state index in [1.165, 1.54) is 4.90 Å². The molecule has 18 heavy (non-hydrogen) atoms. The highest BCUT2D eigenvalue weighted by Crippen LogP contribution is 2.21. The topological polar surface area (TPSA) is 68.1 Å². The van der Waals surface area contributed by atoms with Gasteiger partial charge in [-0.3, -0.25) is 19.2 Å². The highest BCUT2D eigenvalue weighted by atomic mass is 16.2. The Morgan fingerprint density at radius 1 is 1.33 bits per heavy atom. The van der Waals surface area contributed by atoms with E-state index in [4.69, 9.17) is 0 Å². The van der Waals surface area contributed by atoms with Gasteiger partial charge in [-0.15, -0.1) is 5.10 Å². The van der Waals surface area contributed by atoms with Gasteiger partial charge in [-0.2, -0.15) is 0 Å². The summed E-state index contributed by atoms with van der Waals surface area (Å²) in [7, 11) is 0. The number of carbonyl (C=O) groups is 2. The molecule has 1 atom stereocenters. The molecule has 0 saturated carbocycles. The van der Waals surface area contributed by atoms with Crippen molar-refractivity contribution in [3.05, 3.63) is 12.4 Å². The van der Waals surface area contributed by atoms with Crippen molar-refractivity contribution in [1.29, 1.82) is 0 Å². The number of imide groups is 1. The van der Waals surface area contributed by atoms with E-state index in [9.17, 15) is 9.59 Å². The molecule has 1 aliphatic heterocycles. The van der Waals surface area contributed by atoms with Crippen LogP contribution in [-0.4, -0.2) is 38.3 Å². The SMILES string of the molecule is CC.CCC1CC(=O)N(CCn2ccnn2)C1=O. The van der Waals surface area contributed by atoms with Crippen LogP contribution in [0.25, 0.3) is 0 Å². The van der Waals surface area contributed by atoms with Gasteiger partial charge in [0.2, 0.25) is 11.8 Å². The lowest BCUT2D eigenvalue weighted by molar-refractivity contribution is -0.139. The van der Waals surface area contributed by atoms with E-state index >= 15 is 0 Å². The molecule has 0 radical (unpaired) electrons. The second kappa shape index (κ2) is 6.88. The molecule has 0 aliphatic carbocycles. The first-order valence-corrected chi connectivity index (χ1v) is 6.40. The van der Waals surface area contributed by atoms with Crippen molar-refractivity contribution in [2.45, 2.75) is 40.2 Å². The molecule has 1 unspecified atom stereocenters. The molecular formula is C12H20N4O2. The maximum Gasteiger partial charge on any atom is 0.232 e. The van der Waals surface area contributed by atoms with Crippen molar-refractivity contribution in [1.82, 2.24) is 19.9 Å². The quantitative estimate of drug-likeness (QED) is 0.752. The van der Waals surface area contributed by atoms with Crippen LogP contribution in [0.4, 0.5) is 0 Å².